The van der Waals surface area contributed by atoms with Crippen LogP contribution in [0.25, 0.3) is 0 Å². The topological polar surface area (TPSA) is 58.2 Å². The molecule has 0 aromatic heterocycles. The fraction of sp³-hybridized carbons (Fsp3) is 0.429. The lowest BCUT2D eigenvalue weighted by atomic mass is 10.2. The monoisotopic (exact) mass is 452 g/mol. The lowest BCUT2D eigenvalue weighted by Crippen LogP contribution is -2.25. The molecule has 0 heterocycles. The molecule has 6 heteroatoms. The van der Waals surface area contributed by atoms with E-state index in [4.69, 9.17) is 0 Å². The van der Waals surface area contributed by atoms with Crippen molar-refractivity contribution in [3.8, 4) is 0 Å². The van der Waals surface area contributed by atoms with Gasteiger partial charge in [-0.25, -0.2) is 13.1 Å². The van der Waals surface area contributed by atoms with E-state index < -0.39 is 10.0 Å². The van der Waals surface area contributed by atoms with Crippen molar-refractivity contribution < 1.29 is 8.42 Å². The number of halogens is 1. The molecule has 0 aliphatic heterocycles. The van der Waals surface area contributed by atoms with E-state index >= 15 is 0 Å². The molecule has 0 aliphatic rings. The summed E-state index contributed by atoms with van der Waals surface area (Å²) in [5, 5.41) is 3.44. The van der Waals surface area contributed by atoms with Crippen molar-refractivity contribution in [1.29, 1.82) is 0 Å². The van der Waals surface area contributed by atoms with Crippen molar-refractivity contribution in [2.75, 3.05) is 13.1 Å². The molecule has 0 atom stereocenters. The molecule has 2 rings (SSSR count). The van der Waals surface area contributed by atoms with E-state index in [1.807, 2.05) is 26.0 Å². The highest BCUT2D eigenvalue weighted by molar-refractivity contribution is 9.10. The maximum Gasteiger partial charge on any atom is 0.240 e. The van der Waals surface area contributed by atoms with Crippen molar-refractivity contribution in [3.05, 3.63) is 63.6 Å². The van der Waals surface area contributed by atoms with Gasteiger partial charge >= 0.3 is 0 Å². The SMILES string of the molecule is Cc1ccc(C)c(S(=O)(=O)NCCCCCCNCc2ccc(Br)cc2)c1. The third-order valence-corrected chi connectivity index (χ3v) is 6.58. The maximum absolute atomic E-state index is 12.4. The van der Waals surface area contributed by atoms with Gasteiger partial charge in [0, 0.05) is 17.6 Å². The van der Waals surface area contributed by atoms with Crippen molar-refractivity contribution >= 4 is 26.0 Å². The first-order valence-electron chi connectivity index (χ1n) is 9.40. The van der Waals surface area contributed by atoms with Crippen LogP contribution in [-0.2, 0) is 16.6 Å². The van der Waals surface area contributed by atoms with Crippen LogP contribution in [0.4, 0.5) is 0 Å². The smallest absolute Gasteiger partial charge is 0.240 e. The van der Waals surface area contributed by atoms with E-state index in [9.17, 15) is 8.42 Å². The Morgan fingerprint density at radius 1 is 0.889 bits per heavy atom. The summed E-state index contributed by atoms with van der Waals surface area (Å²) in [6, 6.07) is 13.8. The van der Waals surface area contributed by atoms with Gasteiger partial charge < -0.3 is 5.32 Å². The predicted octanol–water partition coefficient (Wildman–Crippen LogP) is 4.69. The molecule has 2 N–H and O–H groups in total. The number of hydrogen-bond acceptors (Lipinski definition) is 3. The third-order valence-electron chi connectivity index (χ3n) is 4.45. The molecule has 0 saturated heterocycles. The maximum atomic E-state index is 12.4. The highest BCUT2D eigenvalue weighted by atomic mass is 79.9. The lowest BCUT2D eigenvalue weighted by Gasteiger charge is -2.10. The van der Waals surface area contributed by atoms with Gasteiger partial charge in [0.15, 0.2) is 0 Å². The zero-order chi connectivity index (χ0) is 19.7. The van der Waals surface area contributed by atoms with Crippen molar-refractivity contribution in [2.45, 2.75) is 51.0 Å². The molecule has 0 unspecified atom stereocenters. The van der Waals surface area contributed by atoms with Crippen LogP contribution in [0.5, 0.6) is 0 Å². The number of nitrogens with one attached hydrogen (secondary N) is 2. The van der Waals surface area contributed by atoms with Gasteiger partial charge in [0.05, 0.1) is 4.90 Å². The van der Waals surface area contributed by atoms with Crippen LogP contribution in [0.2, 0.25) is 0 Å². The van der Waals surface area contributed by atoms with E-state index in [1.165, 1.54) is 5.56 Å². The number of hydrogen-bond donors (Lipinski definition) is 2. The van der Waals surface area contributed by atoms with Crippen LogP contribution in [0.1, 0.15) is 42.4 Å². The molecule has 0 bridgehead atoms. The van der Waals surface area contributed by atoms with Gasteiger partial charge in [0.1, 0.15) is 0 Å². The summed E-state index contributed by atoms with van der Waals surface area (Å²) in [7, 11) is -3.41. The number of aryl methyl sites for hydroxylation is 2. The molecule has 0 saturated carbocycles. The van der Waals surface area contributed by atoms with E-state index in [1.54, 1.807) is 6.07 Å². The first-order valence-corrected chi connectivity index (χ1v) is 11.7. The van der Waals surface area contributed by atoms with Crippen LogP contribution in [0.3, 0.4) is 0 Å². The molecule has 0 fully saturated rings. The molecule has 0 aliphatic carbocycles. The molecule has 2 aromatic rings. The van der Waals surface area contributed by atoms with Crippen LogP contribution < -0.4 is 10.0 Å². The Hall–Kier alpha value is -1.21. The summed E-state index contributed by atoms with van der Waals surface area (Å²) in [6.07, 6.45) is 4.07. The minimum Gasteiger partial charge on any atom is -0.313 e. The van der Waals surface area contributed by atoms with Gasteiger partial charge in [-0.15, -0.1) is 0 Å². The second kappa shape index (κ2) is 11.0. The zero-order valence-electron chi connectivity index (χ0n) is 16.1. The Balaban J connectivity index is 1.57. The van der Waals surface area contributed by atoms with Gasteiger partial charge in [-0.2, -0.15) is 0 Å². The van der Waals surface area contributed by atoms with E-state index in [0.29, 0.717) is 11.4 Å². The van der Waals surface area contributed by atoms with Gasteiger partial charge in [0.2, 0.25) is 10.0 Å². The number of rotatable bonds is 11. The van der Waals surface area contributed by atoms with Gasteiger partial charge in [-0.1, -0.05) is 53.0 Å². The zero-order valence-corrected chi connectivity index (χ0v) is 18.5. The first kappa shape index (κ1) is 22.1. The minimum absolute atomic E-state index is 0.389. The summed E-state index contributed by atoms with van der Waals surface area (Å²) in [6.45, 7) is 6.08. The number of benzene rings is 2. The fourth-order valence-corrected chi connectivity index (χ4v) is 4.51. The van der Waals surface area contributed by atoms with Crippen LogP contribution in [0.15, 0.2) is 51.8 Å². The molecular weight excluding hydrogens is 424 g/mol. The highest BCUT2D eigenvalue weighted by Gasteiger charge is 2.15. The normalized spacial score (nSPS) is 11.7. The van der Waals surface area contributed by atoms with Gasteiger partial charge in [0.25, 0.3) is 0 Å². The molecule has 2 aromatic carbocycles. The number of sulfonamides is 1. The van der Waals surface area contributed by atoms with E-state index in [-0.39, 0.29) is 0 Å². The first-order chi connectivity index (χ1) is 12.9. The average Bonchev–Trinajstić information content (AvgIpc) is 2.63. The van der Waals surface area contributed by atoms with E-state index in [2.05, 4.69) is 50.2 Å². The molecule has 148 valence electrons. The molecule has 0 amide bonds. The third kappa shape index (κ3) is 7.74. The minimum atomic E-state index is -3.41. The standard InChI is InChI=1S/C21H29BrN2O2S/c1-17-7-8-18(2)21(15-17)27(25,26)24-14-6-4-3-5-13-23-16-19-9-11-20(22)12-10-19/h7-12,15,23-24H,3-6,13-14,16H2,1-2H3. The second-order valence-corrected chi connectivity index (χ2v) is 9.54. The molecular formula is C21H29BrN2O2S. The summed E-state index contributed by atoms with van der Waals surface area (Å²) >= 11 is 3.44. The Labute approximate surface area is 172 Å². The highest BCUT2D eigenvalue weighted by Crippen LogP contribution is 2.16. The van der Waals surface area contributed by atoms with Crippen LogP contribution >= 0.6 is 15.9 Å². The predicted molar refractivity (Wildman–Crippen MR) is 115 cm³/mol. The molecule has 27 heavy (non-hydrogen) atoms. The second-order valence-electron chi connectivity index (χ2n) is 6.88. The molecule has 0 spiro atoms. The Morgan fingerprint density at radius 2 is 1.56 bits per heavy atom. The van der Waals surface area contributed by atoms with Crippen molar-refractivity contribution in [3.63, 3.8) is 0 Å². The Kier molecular flexibility index (Phi) is 8.96. The van der Waals surface area contributed by atoms with Crippen molar-refractivity contribution in [2.24, 2.45) is 0 Å². The summed E-state index contributed by atoms with van der Waals surface area (Å²) < 4.78 is 28.6. The number of unbranched alkanes of at least 4 members (excludes halogenated alkanes) is 3. The van der Waals surface area contributed by atoms with Crippen LogP contribution in [0, 0.1) is 13.8 Å². The summed E-state index contributed by atoms with van der Waals surface area (Å²) in [5.41, 5.74) is 3.01. The Morgan fingerprint density at radius 3 is 2.26 bits per heavy atom. The molecule has 0 radical (unpaired) electrons. The average molecular weight is 453 g/mol. The van der Waals surface area contributed by atoms with Gasteiger partial charge in [-0.05, 0) is 68.1 Å². The summed E-state index contributed by atoms with van der Waals surface area (Å²) in [4.78, 5) is 0.389. The quantitative estimate of drug-likeness (QED) is 0.485. The van der Waals surface area contributed by atoms with Gasteiger partial charge in [-0.3, -0.25) is 0 Å². The Bertz CT molecular complexity index is 821. The van der Waals surface area contributed by atoms with E-state index in [0.717, 1.165) is 54.4 Å². The van der Waals surface area contributed by atoms with Crippen molar-refractivity contribution in [1.82, 2.24) is 10.0 Å². The molecule has 4 nitrogen and oxygen atoms in total. The van der Waals surface area contributed by atoms with Crippen LogP contribution in [-0.4, -0.2) is 21.5 Å². The summed E-state index contributed by atoms with van der Waals surface area (Å²) in [5.74, 6) is 0. The lowest BCUT2D eigenvalue weighted by molar-refractivity contribution is 0.563. The fourth-order valence-electron chi connectivity index (χ4n) is 2.84. The largest absolute Gasteiger partial charge is 0.313 e.